The summed E-state index contributed by atoms with van der Waals surface area (Å²) in [4.78, 5) is 17.3. The van der Waals surface area contributed by atoms with Gasteiger partial charge in [-0.1, -0.05) is 37.3 Å². The maximum Gasteiger partial charge on any atom is 0.227 e. The number of piperidine rings is 1. The molecule has 0 N–H and O–H groups in total. The Morgan fingerprint density at radius 1 is 0.963 bits per heavy atom. The largest absolute Gasteiger partial charge is 0.353 e. The second-order valence-corrected chi connectivity index (χ2v) is 7.82. The van der Waals surface area contributed by atoms with Crippen molar-refractivity contribution in [2.45, 2.75) is 38.6 Å². The van der Waals surface area contributed by atoms with Gasteiger partial charge in [0.2, 0.25) is 5.95 Å². The average molecular weight is 366 g/mol. The molecule has 2 saturated heterocycles. The lowest BCUT2D eigenvalue weighted by atomic mass is 10.00. The molecule has 1 unspecified atom stereocenters. The molecule has 4 rings (SSSR count). The molecule has 0 spiro atoms. The van der Waals surface area contributed by atoms with Crippen LogP contribution in [0.1, 0.15) is 32.6 Å². The van der Waals surface area contributed by atoms with E-state index in [0.29, 0.717) is 6.04 Å². The Kier molecular flexibility index (Phi) is 5.58. The highest BCUT2D eigenvalue weighted by Crippen LogP contribution is 2.30. The Morgan fingerprint density at radius 2 is 1.74 bits per heavy atom. The van der Waals surface area contributed by atoms with Gasteiger partial charge in [-0.3, -0.25) is 0 Å². The summed E-state index contributed by atoms with van der Waals surface area (Å²) in [5, 5.41) is 0. The molecule has 0 saturated carbocycles. The predicted octanol–water partition coefficient (Wildman–Crippen LogP) is 3.66. The van der Waals surface area contributed by atoms with E-state index in [2.05, 4.69) is 65.1 Å². The van der Waals surface area contributed by atoms with Gasteiger partial charge in [-0.05, 0) is 32.7 Å². The molecule has 0 bridgehead atoms. The minimum Gasteiger partial charge on any atom is -0.353 e. The Balaban J connectivity index is 1.72. The van der Waals surface area contributed by atoms with Crippen LogP contribution in [0, 0.1) is 0 Å². The predicted molar refractivity (Wildman–Crippen MR) is 112 cm³/mol. The summed E-state index contributed by atoms with van der Waals surface area (Å²) in [6.07, 6.45) is 5.03. The molecule has 2 aliphatic heterocycles. The third-order valence-corrected chi connectivity index (χ3v) is 5.95. The summed E-state index contributed by atoms with van der Waals surface area (Å²) in [6, 6.07) is 13.3. The van der Waals surface area contributed by atoms with Gasteiger partial charge in [0.25, 0.3) is 0 Å². The zero-order valence-electron chi connectivity index (χ0n) is 16.6. The first kappa shape index (κ1) is 18.2. The summed E-state index contributed by atoms with van der Waals surface area (Å²) in [5.74, 6) is 1.99. The number of hydrogen-bond acceptors (Lipinski definition) is 5. The molecule has 0 amide bonds. The molecule has 1 aromatic heterocycles. The van der Waals surface area contributed by atoms with Gasteiger partial charge < -0.3 is 14.7 Å². The van der Waals surface area contributed by atoms with Gasteiger partial charge in [0.05, 0.1) is 5.69 Å². The lowest BCUT2D eigenvalue weighted by Crippen LogP contribution is -2.45. The topological polar surface area (TPSA) is 35.5 Å². The van der Waals surface area contributed by atoms with Crippen molar-refractivity contribution in [1.29, 1.82) is 0 Å². The van der Waals surface area contributed by atoms with Crippen molar-refractivity contribution in [2.24, 2.45) is 0 Å². The van der Waals surface area contributed by atoms with E-state index in [0.717, 1.165) is 50.2 Å². The van der Waals surface area contributed by atoms with Gasteiger partial charge in [-0.25, -0.2) is 4.98 Å². The maximum atomic E-state index is 5.05. The van der Waals surface area contributed by atoms with Crippen molar-refractivity contribution in [1.82, 2.24) is 14.9 Å². The van der Waals surface area contributed by atoms with Crippen molar-refractivity contribution >= 4 is 11.8 Å². The zero-order valence-corrected chi connectivity index (χ0v) is 16.6. The van der Waals surface area contributed by atoms with Crippen LogP contribution in [-0.2, 0) is 0 Å². The van der Waals surface area contributed by atoms with E-state index in [1.165, 1.54) is 31.2 Å². The van der Waals surface area contributed by atoms with E-state index >= 15 is 0 Å². The highest BCUT2D eigenvalue weighted by Gasteiger charge is 2.25. The van der Waals surface area contributed by atoms with Crippen molar-refractivity contribution in [3.63, 3.8) is 0 Å². The summed E-state index contributed by atoms with van der Waals surface area (Å²) >= 11 is 0. The van der Waals surface area contributed by atoms with Gasteiger partial charge >= 0.3 is 0 Å². The Bertz CT molecular complexity index is 740. The van der Waals surface area contributed by atoms with E-state index in [4.69, 9.17) is 9.97 Å². The number of nitrogens with zero attached hydrogens (tertiary/aromatic N) is 5. The third kappa shape index (κ3) is 4.08. The van der Waals surface area contributed by atoms with E-state index in [1.807, 2.05) is 0 Å². The number of likely N-dealkylation sites (N-methyl/N-ethyl adjacent to an activating group) is 1. The van der Waals surface area contributed by atoms with Gasteiger partial charge in [0.15, 0.2) is 0 Å². The fourth-order valence-corrected chi connectivity index (χ4v) is 4.20. The molecular formula is C22H31N5. The first-order chi connectivity index (χ1) is 13.2. The van der Waals surface area contributed by atoms with Crippen LogP contribution < -0.4 is 9.80 Å². The van der Waals surface area contributed by atoms with Crippen molar-refractivity contribution in [3.8, 4) is 11.3 Å². The molecule has 5 nitrogen and oxygen atoms in total. The number of benzene rings is 1. The van der Waals surface area contributed by atoms with E-state index in [9.17, 15) is 0 Å². The van der Waals surface area contributed by atoms with Gasteiger partial charge in [-0.2, -0.15) is 4.98 Å². The number of piperazine rings is 1. The average Bonchev–Trinajstić information content (AvgIpc) is 2.74. The molecule has 27 heavy (non-hydrogen) atoms. The lowest BCUT2D eigenvalue weighted by Gasteiger charge is -2.37. The van der Waals surface area contributed by atoms with Crippen LogP contribution in [-0.4, -0.2) is 60.7 Å². The fourth-order valence-electron chi connectivity index (χ4n) is 4.20. The van der Waals surface area contributed by atoms with E-state index in [1.54, 1.807) is 0 Å². The zero-order chi connectivity index (χ0) is 18.6. The van der Waals surface area contributed by atoms with Crippen molar-refractivity contribution in [2.75, 3.05) is 49.6 Å². The summed E-state index contributed by atoms with van der Waals surface area (Å²) in [7, 11) is 2.18. The number of aromatic nitrogens is 2. The van der Waals surface area contributed by atoms with Crippen LogP contribution in [0.4, 0.5) is 11.8 Å². The standard InChI is InChI=1S/C22H31N5/c1-3-19-11-7-8-12-27(19)21-17-20(18-9-5-4-6-10-18)23-22(24-21)26-15-13-25(2)14-16-26/h4-6,9-10,17,19H,3,7-8,11-16H2,1-2H3. The Hall–Kier alpha value is -2.14. The molecule has 1 aromatic carbocycles. The van der Waals surface area contributed by atoms with Crippen LogP contribution >= 0.6 is 0 Å². The molecule has 0 radical (unpaired) electrons. The first-order valence-electron chi connectivity index (χ1n) is 10.4. The molecular weight excluding hydrogens is 334 g/mol. The van der Waals surface area contributed by atoms with Crippen LogP contribution in [0.25, 0.3) is 11.3 Å². The summed E-state index contributed by atoms with van der Waals surface area (Å²) in [5.41, 5.74) is 2.21. The van der Waals surface area contributed by atoms with Crippen LogP contribution in [0.2, 0.25) is 0 Å². The SMILES string of the molecule is CCC1CCCCN1c1cc(-c2ccccc2)nc(N2CCN(C)CC2)n1. The molecule has 144 valence electrons. The summed E-state index contributed by atoms with van der Waals surface area (Å²) in [6.45, 7) is 7.51. The normalized spacial score (nSPS) is 21.5. The second kappa shape index (κ2) is 8.26. The van der Waals surface area contributed by atoms with Crippen LogP contribution in [0.5, 0.6) is 0 Å². The van der Waals surface area contributed by atoms with Gasteiger partial charge in [0, 0.05) is 50.4 Å². The van der Waals surface area contributed by atoms with Crippen LogP contribution in [0.3, 0.4) is 0 Å². The summed E-state index contributed by atoms with van der Waals surface area (Å²) < 4.78 is 0. The minimum atomic E-state index is 0.595. The van der Waals surface area contributed by atoms with E-state index in [-0.39, 0.29) is 0 Å². The molecule has 2 fully saturated rings. The van der Waals surface area contributed by atoms with Crippen molar-refractivity contribution in [3.05, 3.63) is 36.4 Å². The first-order valence-corrected chi connectivity index (χ1v) is 10.4. The molecule has 2 aliphatic rings. The number of anilines is 2. The van der Waals surface area contributed by atoms with Gasteiger partial charge in [0.1, 0.15) is 5.82 Å². The number of hydrogen-bond donors (Lipinski definition) is 0. The molecule has 0 aliphatic carbocycles. The molecule has 2 aromatic rings. The highest BCUT2D eigenvalue weighted by molar-refractivity contribution is 5.65. The Labute approximate surface area is 163 Å². The molecule has 1 atom stereocenters. The second-order valence-electron chi connectivity index (χ2n) is 7.82. The fraction of sp³-hybridized carbons (Fsp3) is 0.545. The molecule has 5 heteroatoms. The lowest BCUT2D eigenvalue weighted by molar-refractivity contribution is 0.311. The highest BCUT2D eigenvalue weighted by atomic mass is 15.3. The Morgan fingerprint density at radius 3 is 2.48 bits per heavy atom. The van der Waals surface area contributed by atoms with E-state index < -0.39 is 0 Å². The maximum absolute atomic E-state index is 5.05. The smallest absolute Gasteiger partial charge is 0.227 e. The minimum absolute atomic E-state index is 0.595. The monoisotopic (exact) mass is 365 g/mol. The van der Waals surface area contributed by atoms with Crippen molar-refractivity contribution < 1.29 is 0 Å². The van der Waals surface area contributed by atoms with Crippen LogP contribution in [0.15, 0.2) is 36.4 Å². The quantitative estimate of drug-likeness (QED) is 0.826. The van der Waals surface area contributed by atoms with Gasteiger partial charge in [-0.15, -0.1) is 0 Å². The number of rotatable bonds is 4. The third-order valence-electron chi connectivity index (χ3n) is 5.95. The molecule has 3 heterocycles.